The van der Waals surface area contributed by atoms with Gasteiger partial charge in [-0.15, -0.1) is 11.3 Å². The number of hydrogen-bond acceptors (Lipinski definition) is 8. The molecule has 0 spiro atoms. The van der Waals surface area contributed by atoms with Gasteiger partial charge in [-0.25, -0.2) is 4.98 Å². The Morgan fingerprint density at radius 1 is 1.21 bits per heavy atom. The van der Waals surface area contributed by atoms with Crippen molar-refractivity contribution in [3.05, 3.63) is 41.4 Å². The van der Waals surface area contributed by atoms with E-state index in [2.05, 4.69) is 20.5 Å². The highest BCUT2D eigenvalue weighted by atomic mass is 32.1. The van der Waals surface area contributed by atoms with Crippen molar-refractivity contribution >= 4 is 35.4 Å². The molecule has 5 heterocycles. The van der Waals surface area contributed by atoms with Gasteiger partial charge in [0.2, 0.25) is 0 Å². The van der Waals surface area contributed by atoms with Crippen LogP contribution in [0, 0.1) is 0 Å². The minimum absolute atomic E-state index is 0.140. The summed E-state index contributed by atoms with van der Waals surface area (Å²) in [5, 5.41) is 17.9. The lowest BCUT2D eigenvalue weighted by Crippen LogP contribution is -2.20. The van der Waals surface area contributed by atoms with Crippen LogP contribution in [0.5, 0.6) is 0 Å². The molecule has 3 aromatic rings. The summed E-state index contributed by atoms with van der Waals surface area (Å²) in [5.74, 6) is 0.363. The zero-order valence-electron chi connectivity index (χ0n) is 15.4. The van der Waals surface area contributed by atoms with E-state index in [0.717, 1.165) is 17.8 Å². The number of nitrogens with one attached hydrogen (secondary N) is 1. The number of hydrogen-bond donors (Lipinski definition) is 1. The number of furan rings is 1. The van der Waals surface area contributed by atoms with Gasteiger partial charge >= 0.3 is 0 Å². The lowest BCUT2D eigenvalue weighted by molar-refractivity contribution is 0.0663. The molecule has 1 amide bonds. The predicted molar refractivity (Wildman–Crippen MR) is 109 cm³/mol. The maximum Gasteiger partial charge on any atom is 0.291 e. The van der Waals surface area contributed by atoms with Crippen LogP contribution in [-0.2, 0) is 4.74 Å². The van der Waals surface area contributed by atoms with E-state index in [1.807, 2.05) is 16.3 Å². The van der Waals surface area contributed by atoms with Crippen LogP contribution < -0.4 is 5.32 Å². The molecule has 10 heteroatoms. The van der Waals surface area contributed by atoms with Gasteiger partial charge in [0.05, 0.1) is 17.6 Å². The molecule has 0 aliphatic carbocycles. The molecule has 0 unspecified atom stereocenters. The number of nitrogens with zero attached hydrogens (tertiary/aromatic N) is 5. The average Bonchev–Trinajstić information content (AvgIpc) is 3.55. The highest BCUT2D eigenvalue weighted by Gasteiger charge is 2.23. The van der Waals surface area contributed by atoms with Crippen molar-refractivity contribution < 1.29 is 13.9 Å². The van der Waals surface area contributed by atoms with Gasteiger partial charge in [0.25, 0.3) is 5.91 Å². The Morgan fingerprint density at radius 3 is 2.79 bits per heavy atom. The summed E-state index contributed by atoms with van der Waals surface area (Å²) in [4.78, 5) is 17.2. The van der Waals surface area contributed by atoms with E-state index in [4.69, 9.17) is 14.3 Å². The molecule has 9 nitrogen and oxygen atoms in total. The third kappa shape index (κ3) is 3.64. The van der Waals surface area contributed by atoms with Gasteiger partial charge in [-0.1, -0.05) is 0 Å². The first kappa shape index (κ1) is 18.0. The van der Waals surface area contributed by atoms with E-state index < -0.39 is 0 Å². The number of amides is 1. The van der Waals surface area contributed by atoms with Crippen molar-refractivity contribution in [1.29, 1.82) is 0 Å². The molecule has 1 fully saturated rings. The SMILES string of the molecule is O=C(Nc1cn(C2CCOCC2)nc1-c1nccs1)c1ccc(C2C=NN=C2)o1. The van der Waals surface area contributed by atoms with Crippen LogP contribution in [0.3, 0.4) is 0 Å². The van der Waals surface area contributed by atoms with Crippen molar-refractivity contribution in [3.8, 4) is 10.7 Å². The number of ether oxygens (including phenoxy) is 1. The highest BCUT2D eigenvalue weighted by molar-refractivity contribution is 7.13. The van der Waals surface area contributed by atoms with Crippen LogP contribution in [0.1, 0.15) is 41.1 Å². The van der Waals surface area contributed by atoms with Crippen LogP contribution in [0.25, 0.3) is 10.7 Å². The van der Waals surface area contributed by atoms with Crippen LogP contribution in [-0.4, -0.2) is 46.3 Å². The summed E-state index contributed by atoms with van der Waals surface area (Å²) in [7, 11) is 0. The molecule has 0 bridgehead atoms. The van der Waals surface area contributed by atoms with Crippen molar-refractivity contribution in [2.75, 3.05) is 18.5 Å². The first-order valence-electron chi connectivity index (χ1n) is 9.32. The van der Waals surface area contributed by atoms with Gasteiger partial charge in [0, 0.05) is 43.4 Å². The molecule has 2 aliphatic heterocycles. The van der Waals surface area contributed by atoms with E-state index in [1.165, 1.54) is 11.3 Å². The maximum absolute atomic E-state index is 12.8. The largest absolute Gasteiger partial charge is 0.455 e. The van der Waals surface area contributed by atoms with Crippen molar-refractivity contribution in [2.45, 2.75) is 24.8 Å². The predicted octanol–water partition coefficient (Wildman–Crippen LogP) is 3.36. The van der Waals surface area contributed by atoms with Crippen LogP contribution >= 0.6 is 11.3 Å². The quantitative estimate of drug-likeness (QED) is 0.694. The number of rotatable bonds is 5. The van der Waals surface area contributed by atoms with E-state index in [1.54, 1.807) is 30.8 Å². The minimum atomic E-state index is -0.340. The van der Waals surface area contributed by atoms with Gasteiger partial charge < -0.3 is 14.5 Å². The molecule has 1 saturated heterocycles. The van der Waals surface area contributed by atoms with Crippen LogP contribution in [0.15, 0.2) is 44.5 Å². The van der Waals surface area contributed by atoms with E-state index >= 15 is 0 Å². The Bertz CT molecular complexity index is 1050. The summed E-state index contributed by atoms with van der Waals surface area (Å²) in [6, 6.07) is 3.65. The second-order valence-electron chi connectivity index (χ2n) is 6.76. The molecule has 29 heavy (non-hydrogen) atoms. The first-order chi connectivity index (χ1) is 14.3. The molecule has 0 radical (unpaired) electrons. The third-order valence-corrected chi connectivity index (χ3v) is 5.66. The third-order valence-electron chi connectivity index (χ3n) is 4.88. The maximum atomic E-state index is 12.8. The Morgan fingerprint density at radius 2 is 2.03 bits per heavy atom. The summed E-state index contributed by atoms with van der Waals surface area (Å²) in [6.45, 7) is 1.42. The normalized spacial score (nSPS) is 17.2. The fourth-order valence-corrected chi connectivity index (χ4v) is 4.00. The smallest absolute Gasteiger partial charge is 0.291 e. The lowest BCUT2D eigenvalue weighted by Gasteiger charge is -2.22. The topological polar surface area (TPSA) is 107 Å². The lowest BCUT2D eigenvalue weighted by atomic mass is 10.1. The Labute approximate surface area is 170 Å². The van der Waals surface area contributed by atoms with Crippen molar-refractivity contribution in [3.63, 3.8) is 0 Å². The van der Waals surface area contributed by atoms with Crippen LogP contribution in [0.2, 0.25) is 0 Å². The van der Waals surface area contributed by atoms with Crippen molar-refractivity contribution in [1.82, 2.24) is 14.8 Å². The number of anilines is 1. The zero-order valence-corrected chi connectivity index (χ0v) is 16.2. The number of carbonyl (C=O) groups excluding carboxylic acids is 1. The van der Waals surface area contributed by atoms with E-state index in [0.29, 0.717) is 30.4 Å². The molecule has 1 N–H and O–H groups in total. The summed E-state index contributed by atoms with van der Waals surface area (Å²) in [5.41, 5.74) is 1.26. The Kier molecular flexibility index (Phi) is 4.78. The zero-order chi connectivity index (χ0) is 19.6. The van der Waals surface area contributed by atoms with Gasteiger partial charge in [-0.05, 0) is 25.0 Å². The van der Waals surface area contributed by atoms with Gasteiger partial charge in [0.15, 0.2) is 5.76 Å². The summed E-state index contributed by atoms with van der Waals surface area (Å²) >= 11 is 1.48. The molecular formula is C19H18N6O3S. The monoisotopic (exact) mass is 410 g/mol. The van der Waals surface area contributed by atoms with Crippen molar-refractivity contribution in [2.24, 2.45) is 10.2 Å². The molecular weight excluding hydrogens is 392 g/mol. The molecule has 3 aromatic heterocycles. The number of carbonyl (C=O) groups is 1. The molecule has 0 saturated carbocycles. The molecule has 0 aromatic carbocycles. The molecule has 2 aliphatic rings. The molecule has 0 atom stereocenters. The second-order valence-corrected chi connectivity index (χ2v) is 7.66. The Hall–Kier alpha value is -3.11. The van der Waals surface area contributed by atoms with Gasteiger partial charge in [-0.3, -0.25) is 9.48 Å². The standard InChI is InChI=1S/C19H18N6O3S/c26-18(16-2-1-15(28-16)12-9-21-22-10-12)23-14-11-25(13-3-6-27-7-4-13)24-17(14)19-20-5-8-29-19/h1-2,5,8-13H,3-4,6-7H2,(H,23,26). The van der Waals surface area contributed by atoms with E-state index in [9.17, 15) is 4.79 Å². The fourth-order valence-electron chi connectivity index (χ4n) is 3.36. The molecule has 148 valence electrons. The fraction of sp³-hybridized carbons (Fsp3) is 0.316. The second kappa shape index (κ2) is 7.72. The highest BCUT2D eigenvalue weighted by Crippen LogP contribution is 2.32. The number of aromatic nitrogens is 3. The molecule has 5 rings (SSSR count). The summed E-state index contributed by atoms with van der Waals surface area (Å²) < 4.78 is 13.1. The Balaban J connectivity index is 1.40. The summed E-state index contributed by atoms with van der Waals surface area (Å²) in [6.07, 6.45) is 8.70. The minimum Gasteiger partial charge on any atom is -0.455 e. The van der Waals surface area contributed by atoms with Gasteiger partial charge in [0.1, 0.15) is 16.5 Å². The average molecular weight is 410 g/mol. The number of thiazole rings is 1. The van der Waals surface area contributed by atoms with Crippen LogP contribution in [0.4, 0.5) is 5.69 Å². The first-order valence-corrected chi connectivity index (χ1v) is 10.2. The van der Waals surface area contributed by atoms with Gasteiger partial charge in [-0.2, -0.15) is 15.3 Å². The van der Waals surface area contributed by atoms with E-state index in [-0.39, 0.29) is 23.6 Å².